The van der Waals surface area contributed by atoms with Crippen molar-refractivity contribution in [2.75, 3.05) is 0 Å². The van der Waals surface area contributed by atoms with Crippen molar-refractivity contribution < 1.29 is 20.4 Å². The van der Waals surface area contributed by atoms with Crippen molar-refractivity contribution in [2.24, 2.45) is 0 Å². The highest BCUT2D eigenvalue weighted by atomic mass is 127. The Balaban J connectivity index is 1.84. The first-order valence-electron chi connectivity index (χ1n) is 11.6. The van der Waals surface area contributed by atoms with Gasteiger partial charge < -0.3 is 20.4 Å². The van der Waals surface area contributed by atoms with E-state index >= 15 is 0 Å². The molecule has 0 radical (unpaired) electrons. The number of phenolic OH excluding ortho intramolecular Hbond substituents is 2. The highest BCUT2D eigenvalue weighted by molar-refractivity contribution is 14.1. The second-order valence-electron chi connectivity index (χ2n) is 8.58. The number of hydrogen-bond donors (Lipinski definition) is 4. The number of hydrogen-bond acceptors (Lipinski definition) is 4. The van der Waals surface area contributed by atoms with Crippen LogP contribution in [0.5, 0.6) is 11.5 Å². The fourth-order valence-corrected chi connectivity index (χ4v) is 4.91. The van der Waals surface area contributed by atoms with Crippen LogP contribution in [0.25, 0.3) is 11.1 Å². The van der Waals surface area contributed by atoms with Crippen LogP contribution in [0.15, 0.2) is 121 Å². The maximum atomic E-state index is 11.6. The lowest BCUT2D eigenvalue weighted by Gasteiger charge is -2.25. The van der Waals surface area contributed by atoms with Crippen LogP contribution in [-0.2, 0) is 0 Å². The predicted octanol–water partition coefficient (Wildman–Crippen LogP) is 8.19. The van der Waals surface area contributed by atoms with Gasteiger partial charge >= 0.3 is 0 Å². The van der Waals surface area contributed by atoms with Crippen LogP contribution in [-0.4, -0.2) is 20.4 Å². The van der Waals surface area contributed by atoms with Gasteiger partial charge in [0.25, 0.3) is 0 Å². The van der Waals surface area contributed by atoms with E-state index in [0.29, 0.717) is 18.4 Å². The lowest BCUT2D eigenvalue weighted by molar-refractivity contribution is 0.356. The molecule has 3 aromatic rings. The van der Waals surface area contributed by atoms with E-state index in [0.717, 1.165) is 31.4 Å². The Morgan fingerprint density at radius 2 is 1.56 bits per heavy atom. The quantitative estimate of drug-likeness (QED) is 0.127. The van der Waals surface area contributed by atoms with Gasteiger partial charge in [-0.15, -0.1) is 0 Å². The summed E-state index contributed by atoms with van der Waals surface area (Å²) in [6, 6.07) is 21.6. The van der Waals surface area contributed by atoms with Crippen molar-refractivity contribution >= 4 is 33.7 Å². The number of aliphatic hydroxyl groups excluding tert-OH is 2. The summed E-state index contributed by atoms with van der Waals surface area (Å²) in [5.41, 5.74) is 4.98. The van der Waals surface area contributed by atoms with E-state index in [2.05, 4.69) is 29.2 Å². The minimum absolute atomic E-state index is 0.0722. The van der Waals surface area contributed by atoms with E-state index in [1.54, 1.807) is 54.6 Å². The van der Waals surface area contributed by atoms with Crippen molar-refractivity contribution in [3.63, 3.8) is 0 Å². The maximum absolute atomic E-state index is 11.6. The number of benzene rings is 3. The average Bonchev–Trinajstić information content (AvgIpc) is 2.86. The molecule has 0 aliphatic heterocycles. The number of halogens is 1. The number of aliphatic hydroxyl groups is 2. The number of aromatic hydroxyl groups is 2. The molecule has 36 heavy (non-hydrogen) atoms. The number of rotatable bonds is 7. The summed E-state index contributed by atoms with van der Waals surface area (Å²) in [7, 11) is 0. The summed E-state index contributed by atoms with van der Waals surface area (Å²) in [5.74, 6) is 0.0632. The molecule has 1 unspecified atom stereocenters. The molecule has 0 fully saturated rings. The molecule has 182 valence electrons. The normalized spacial score (nSPS) is 15.4. The van der Waals surface area contributed by atoms with E-state index in [-0.39, 0.29) is 23.0 Å². The fraction of sp³-hybridized carbons (Fsp3) is 0.0968. The maximum Gasteiger partial charge on any atom is 0.115 e. The van der Waals surface area contributed by atoms with Crippen molar-refractivity contribution in [1.29, 1.82) is 0 Å². The second-order valence-corrected chi connectivity index (χ2v) is 9.83. The number of phenols is 2. The molecule has 0 bridgehead atoms. The summed E-state index contributed by atoms with van der Waals surface area (Å²) < 4.78 is 1.02. The predicted molar refractivity (Wildman–Crippen MR) is 154 cm³/mol. The lowest BCUT2D eigenvalue weighted by Crippen LogP contribution is -2.11. The van der Waals surface area contributed by atoms with E-state index in [1.807, 2.05) is 42.5 Å². The molecule has 4 rings (SSSR count). The number of allylic oxidation sites excluding steroid dienone is 8. The highest BCUT2D eigenvalue weighted by Gasteiger charge is 2.27. The Labute approximate surface area is 224 Å². The molecule has 1 atom stereocenters. The summed E-state index contributed by atoms with van der Waals surface area (Å²) in [4.78, 5) is 0. The Morgan fingerprint density at radius 1 is 0.889 bits per heavy atom. The molecule has 4 nitrogen and oxygen atoms in total. The van der Waals surface area contributed by atoms with Gasteiger partial charge in [0.05, 0.1) is 11.7 Å². The summed E-state index contributed by atoms with van der Waals surface area (Å²) >= 11 is 2.24. The largest absolute Gasteiger partial charge is 0.512 e. The Morgan fingerprint density at radius 3 is 2.19 bits per heavy atom. The zero-order valence-electron chi connectivity index (χ0n) is 19.6. The van der Waals surface area contributed by atoms with Gasteiger partial charge in [-0.25, -0.2) is 0 Å². The zero-order chi connectivity index (χ0) is 25.7. The van der Waals surface area contributed by atoms with Gasteiger partial charge in [-0.05, 0) is 99.3 Å². The Hall–Kier alpha value is -3.71. The first kappa shape index (κ1) is 25.4. The standard InChI is InChI=1S/C31H27IO4/c1-2-4-22(20-7-12-26(33)13-8-20)19-30(36)31(24-5-3-6-25(32)17-24)28-18-23(11-16-29(28)35)21-9-14-27(34)15-10-21/h2-10,12-15,17-19,31,33-36H,1,11,16H2/b22-4+,30-19-. The Bertz CT molecular complexity index is 1380. The van der Waals surface area contributed by atoms with Gasteiger partial charge in [-0.3, -0.25) is 0 Å². The molecule has 4 N–H and O–H groups in total. The molecule has 0 aromatic heterocycles. The van der Waals surface area contributed by atoms with Crippen LogP contribution in [0.1, 0.15) is 35.4 Å². The molecule has 0 spiro atoms. The van der Waals surface area contributed by atoms with Crippen LogP contribution in [0.4, 0.5) is 0 Å². The third-order valence-electron chi connectivity index (χ3n) is 6.12. The molecule has 0 saturated heterocycles. The minimum Gasteiger partial charge on any atom is -0.512 e. The van der Waals surface area contributed by atoms with E-state index in [4.69, 9.17) is 0 Å². The third kappa shape index (κ3) is 5.91. The van der Waals surface area contributed by atoms with Gasteiger partial charge in [0.1, 0.15) is 17.3 Å². The summed E-state index contributed by atoms with van der Waals surface area (Å²) in [6.07, 6.45) is 8.16. The summed E-state index contributed by atoms with van der Waals surface area (Å²) in [5, 5.41) is 41.9. The molecule has 3 aromatic carbocycles. The smallest absolute Gasteiger partial charge is 0.115 e. The van der Waals surface area contributed by atoms with Gasteiger partial charge in [0, 0.05) is 15.6 Å². The van der Waals surface area contributed by atoms with Gasteiger partial charge in [-0.2, -0.15) is 0 Å². The van der Waals surface area contributed by atoms with Crippen LogP contribution in [0.2, 0.25) is 0 Å². The molecular formula is C31H27IO4. The van der Waals surface area contributed by atoms with Crippen LogP contribution < -0.4 is 0 Å². The molecule has 1 aliphatic rings. The first-order valence-corrected chi connectivity index (χ1v) is 12.6. The zero-order valence-corrected chi connectivity index (χ0v) is 21.8. The highest BCUT2D eigenvalue weighted by Crippen LogP contribution is 2.41. The second kappa shape index (κ2) is 11.4. The fourth-order valence-electron chi connectivity index (χ4n) is 4.34. The van der Waals surface area contributed by atoms with Gasteiger partial charge in [0.2, 0.25) is 0 Å². The molecule has 1 aliphatic carbocycles. The van der Waals surface area contributed by atoms with Crippen LogP contribution in [0, 0.1) is 3.57 Å². The van der Waals surface area contributed by atoms with Gasteiger partial charge in [0.15, 0.2) is 0 Å². The Kier molecular flexibility index (Phi) is 8.00. The SMILES string of the molecule is C=C/C=C(\C=C(/O)C(C1=C(O)CCC(c2ccc(O)cc2)=C1)c1cccc(I)c1)c1ccc(O)cc1. The van der Waals surface area contributed by atoms with E-state index in [1.165, 1.54) is 0 Å². The van der Waals surface area contributed by atoms with Crippen molar-refractivity contribution in [1.82, 2.24) is 0 Å². The third-order valence-corrected chi connectivity index (χ3v) is 6.79. The van der Waals surface area contributed by atoms with E-state index < -0.39 is 5.92 Å². The molecule has 5 heteroatoms. The van der Waals surface area contributed by atoms with Crippen LogP contribution >= 0.6 is 22.6 Å². The van der Waals surface area contributed by atoms with Gasteiger partial charge in [-0.1, -0.05) is 61.2 Å². The van der Waals surface area contributed by atoms with Crippen LogP contribution in [0.3, 0.4) is 0 Å². The van der Waals surface area contributed by atoms with Crippen molar-refractivity contribution in [3.05, 3.63) is 141 Å². The molecule has 0 saturated carbocycles. The first-order chi connectivity index (χ1) is 17.4. The topological polar surface area (TPSA) is 80.9 Å². The summed E-state index contributed by atoms with van der Waals surface area (Å²) in [6.45, 7) is 3.80. The minimum atomic E-state index is -0.600. The molecule has 0 amide bonds. The lowest BCUT2D eigenvalue weighted by atomic mass is 9.81. The van der Waals surface area contributed by atoms with Crippen molar-refractivity contribution in [3.8, 4) is 11.5 Å². The van der Waals surface area contributed by atoms with Crippen molar-refractivity contribution in [2.45, 2.75) is 18.8 Å². The molecular weight excluding hydrogens is 563 g/mol. The monoisotopic (exact) mass is 590 g/mol. The molecule has 0 heterocycles. The van der Waals surface area contributed by atoms with E-state index in [9.17, 15) is 20.4 Å². The average molecular weight is 590 g/mol.